The second-order valence-electron chi connectivity index (χ2n) is 4.16. The summed E-state index contributed by atoms with van der Waals surface area (Å²) in [6.07, 6.45) is -5.16. The van der Waals surface area contributed by atoms with E-state index in [1.807, 2.05) is 0 Å². The Morgan fingerprint density at radius 1 is 1.56 bits per heavy atom. The van der Waals surface area contributed by atoms with Gasteiger partial charge in [0, 0.05) is 13.1 Å². The number of nitrogens with one attached hydrogen (secondary N) is 1. The molecular weight excluding hydrogens is 265 g/mol. The molecule has 0 amide bonds. The molecular formula is C10H15F3N4S. The molecule has 0 radical (unpaired) electrons. The van der Waals surface area contributed by atoms with Crippen LogP contribution in [0.15, 0.2) is 0 Å². The number of nitrogens with two attached hydrogens (primary N) is 1. The lowest BCUT2D eigenvalue weighted by Crippen LogP contribution is -2.26. The van der Waals surface area contributed by atoms with E-state index in [4.69, 9.17) is 18.0 Å². The molecule has 18 heavy (non-hydrogen) atoms. The van der Waals surface area contributed by atoms with Crippen molar-refractivity contribution in [1.29, 1.82) is 0 Å². The van der Waals surface area contributed by atoms with Gasteiger partial charge in [0.05, 0.1) is 17.7 Å². The second kappa shape index (κ2) is 5.13. The van der Waals surface area contributed by atoms with Gasteiger partial charge in [0.1, 0.15) is 10.8 Å². The maximum atomic E-state index is 12.3. The summed E-state index contributed by atoms with van der Waals surface area (Å²) in [5.41, 5.74) is 6.62. The van der Waals surface area contributed by atoms with Crippen LogP contribution in [-0.2, 0) is 7.05 Å². The van der Waals surface area contributed by atoms with Crippen molar-refractivity contribution in [2.75, 3.05) is 5.32 Å². The van der Waals surface area contributed by atoms with Gasteiger partial charge in [-0.2, -0.15) is 18.3 Å². The Balaban J connectivity index is 2.94. The molecule has 0 bridgehead atoms. The van der Waals surface area contributed by atoms with Gasteiger partial charge in [-0.25, -0.2) is 0 Å². The second-order valence-corrected chi connectivity index (χ2v) is 4.60. The number of rotatable bonds is 4. The zero-order valence-corrected chi connectivity index (χ0v) is 11.1. The number of hydrogen-bond acceptors (Lipinski definition) is 3. The minimum Gasteiger partial charge on any atom is -0.389 e. The van der Waals surface area contributed by atoms with Crippen LogP contribution in [0.5, 0.6) is 0 Å². The average molecular weight is 280 g/mol. The van der Waals surface area contributed by atoms with Crippen molar-refractivity contribution >= 4 is 23.0 Å². The Morgan fingerprint density at radius 3 is 2.56 bits per heavy atom. The summed E-state index contributed by atoms with van der Waals surface area (Å²) in [5, 5.41) is 6.84. The molecule has 0 aromatic carbocycles. The van der Waals surface area contributed by atoms with Gasteiger partial charge in [0.15, 0.2) is 0 Å². The van der Waals surface area contributed by atoms with E-state index in [9.17, 15) is 13.2 Å². The predicted octanol–water partition coefficient (Wildman–Crippen LogP) is 2.12. The van der Waals surface area contributed by atoms with Crippen LogP contribution in [0.2, 0.25) is 0 Å². The first-order valence-electron chi connectivity index (χ1n) is 5.28. The third-order valence-corrected chi connectivity index (χ3v) is 2.59. The van der Waals surface area contributed by atoms with Gasteiger partial charge in [-0.1, -0.05) is 12.2 Å². The number of thiocarbonyl (C=S) groups is 1. The molecule has 1 aromatic rings. The summed E-state index contributed by atoms with van der Waals surface area (Å²) in [7, 11) is 1.62. The smallest absolute Gasteiger partial charge is 0.389 e. The fraction of sp³-hybridized carbons (Fsp3) is 0.600. The van der Waals surface area contributed by atoms with E-state index in [-0.39, 0.29) is 4.99 Å². The quantitative estimate of drug-likeness (QED) is 0.829. The molecule has 0 fully saturated rings. The summed E-state index contributed by atoms with van der Waals surface area (Å²) in [5.74, 6) is 0.414. The zero-order chi connectivity index (χ0) is 14.1. The minimum atomic E-state index is -4.22. The molecule has 102 valence electrons. The molecule has 1 aromatic heterocycles. The number of nitrogens with zero attached hydrogens (tertiary/aromatic N) is 2. The fourth-order valence-electron chi connectivity index (χ4n) is 1.75. The lowest BCUT2D eigenvalue weighted by molar-refractivity contribution is -0.136. The monoisotopic (exact) mass is 280 g/mol. The number of hydrogen-bond donors (Lipinski definition) is 2. The first-order valence-corrected chi connectivity index (χ1v) is 5.69. The third-order valence-electron chi connectivity index (χ3n) is 2.39. The summed E-state index contributed by atoms with van der Waals surface area (Å²) < 4.78 is 38.2. The van der Waals surface area contributed by atoms with Crippen LogP contribution in [0.1, 0.15) is 24.6 Å². The van der Waals surface area contributed by atoms with E-state index < -0.39 is 18.6 Å². The van der Waals surface area contributed by atoms with Crippen LogP contribution < -0.4 is 11.1 Å². The predicted molar refractivity (Wildman–Crippen MR) is 67.6 cm³/mol. The molecule has 0 spiro atoms. The number of aryl methyl sites for hydroxylation is 2. The summed E-state index contributed by atoms with van der Waals surface area (Å²) >= 11 is 4.88. The lowest BCUT2D eigenvalue weighted by Gasteiger charge is -2.18. The van der Waals surface area contributed by atoms with Crippen molar-refractivity contribution in [3.63, 3.8) is 0 Å². The van der Waals surface area contributed by atoms with Gasteiger partial charge in [-0.05, 0) is 13.8 Å². The molecule has 0 aliphatic heterocycles. The molecule has 4 nitrogen and oxygen atoms in total. The van der Waals surface area contributed by atoms with Gasteiger partial charge in [-0.3, -0.25) is 4.68 Å². The minimum absolute atomic E-state index is 0.113. The molecule has 0 saturated carbocycles. The number of halogens is 3. The Labute approximate surface area is 108 Å². The van der Waals surface area contributed by atoms with Crippen molar-refractivity contribution in [1.82, 2.24) is 9.78 Å². The Kier molecular flexibility index (Phi) is 4.20. The van der Waals surface area contributed by atoms with Crippen molar-refractivity contribution in [3.8, 4) is 0 Å². The van der Waals surface area contributed by atoms with Gasteiger partial charge >= 0.3 is 6.18 Å². The highest BCUT2D eigenvalue weighted by atomic mass is 32.1. The maximum absolute atomic E-state index is 12.3. The van der Waals surface area contributed by atoms with Crippen LogP contribution in [0.3, 0.4) is 0 Å². The van der Waals surface area contributed by atoms with Crippen LogP contribution in [0, 0.1) is 6.92 Å². The van der Waals surface area contributed by atoms with E-state index in [2.05, 4.69) is 10.4 Å². The molecule has 0 saturated heterocycles. The first kappa shape index (κ1) is 14.7. The van der Waals surface area contributed by atoms with E-state index in [1.165, 1.54) is 11.6 Å². The Hall–Kier alpha value is -1.31. The highest BCUT2D eigenvalue weighted by Crippen LogP contribution is 2.25. The van der Waals surface area contributed by atoms with Gasteiger partial charge in [0.25, 0.3) is 0 Å². The summed E-state index contributed by atoms with van der Waals surface area (Å²) in [6, 6.07) is -0.784. The molecule has 8 heteroatoms. The number of alkyl halides is 3. The number of anilines is 1. The molecule has 1 unspecified atom stereocenters. The highest BCUT2D eigenvalue weighted by molar-refractivity contribution is 7.80. The first-order chi connectivity index (χ1) is 8.11. The van der Waals surface area contributed by atoms with Crippen LogP contribution in [0.4, 0.5) is 19.0 Å². The summed E-state index contributed by atoms with van der Waals surface area (Å²) in [4.78, 5) is 0.113. The van der Waals surface area contributed by atoms with E-state index >= 15 is 0 Å². The molecule has 1 atom stereocenters. The van der Waals surface area contributed by atoms with Crippen LogP contribution >= 0.6 is 12.2 Å². The molecule has 0 aliphatic rings. The topological polar surface area (TPSA) is 55.9 Å². The van der Waals surface area contributed by atoms with Crippen molar-refractivity contribution in [2.45, 2.75) is 32.5 Å². The standard InChI is InChI=1S/C10H15F3N4S/c1-5(4-10(11,12)13)15-9-7(8(14)18)6(2)16-17(9)3/h5,15H,4H2,1-3H3,(H2,14,18). The van der Waals surface area contributed by atoms with Crippen molar-refractivity contribution in [2.24, 2.45) is 12.8 Å². The largest absolute Gasteiger partial charge is 0.391 e. The number of aromatic nitrogens is 2. The normalized spacial score (nSPS) is 13.4. The molecule has 3 N–H and O–H groups in total. The maximum Gasteiger partial charge on any atom is 0.391 e. The van der Waals surface area contributed by atoms with Crippen LogP contribution in [0.25, 0.3) is 0 Å². The fourth-order valence-corrected chi connectivity index (χ4v) is 1.99. The highest BCUT2D eigenvalue weighted by Gasteiger charge is 2.30. The third kappa shape index (κ3) is 3.59. The SMILES string of the molecule is Cc1nn(C)c(NC(C)CC(F)(F)F)c1C(N)=S. The zero-order valence-electron chi connectivity index (χ0n) is 10.3. The Bertz CT molecular complexity index is 453. The molecule has 0 aliphatic carbocycles. The van der Waals surface area contributed by atoms with Gasteiger partial charge in [0.2, 0.25) is 0 Å². The van der Waals surface area contributed by atoms with E-state index in [1.54, 1.807) is 14.0 Å². The van der Waals surface area contributed by atoms with Crippen molar-refractivity contribution < 1.29 is 13.2 Å². The van der Waals surface area contributed by atoms with Crippen molar-refractivity contribution in [3.05, 3.63) is 11.3 Å². The lowest BCUT2D eigenvalue weighted by atomic mass is 10.2. The molecule has 1 rings (SSSR count). The van der Waals surface area contributed by atoms with E-state index in [0.717, 1.165) is 0 Å². The molecule has 1 heterocycles. The van der Waals surface area contributed by atoms with Gasteiger partial charge < -0.3 is 11.1 Å². The van der Waals surface area contributed by atoms with E-state index in [0.29, 0.717) is 17.1 Å². The average Bonchev–Trinajstić information content (AvgIpc) is 2.37. The van der Waals surface area contributed by atoms with Gasteiger partial charge in [-0.15, -0.1) is 0 Å². The van der Waals surface area contributed by atoms with Crippen LogP contribution in [-0.4, -0.2) is 27.0 Å². The summed E-state index contributed by atoms with van der Waals surface area (Å²) in [6.45, 7) is 3.15. The Morgan fingerprint density at radius 2 is 2.11 bits per heavy atom.